The van der Waals surface area contributed by atoms with Crippen LogP contribution < -0.4 is 5.32 Å². The predicted octanol–water partition coefficient (Wildman–Crippen LogP) is 1.83. The topological polar surface area (TPSA) is 70.7 Å². The molecular weight excluding hydrogens is 273 g/mol. The lowest BCUT2D eigenvalue weighted by atomic mass is 9.81. The Kier molecular flexibility index (Phi) is 4.61. The number of aromatic nitrogens is 3. The minimum absolute atomic E-state index is 0.0453. The van der Waals surface area contributed by atoms with Crippen molar-refractivity contribution in [1.29, 1.82) is 0 Å². The van der Waals surface area contributed by atoms with Crippen molar-refractivity contribution in [1.82, 2.24) is 20.5 Å². The van der Waals surface area contributed by atoms with Crippen molar-refractivity contribution in [3.8, 4) is 0 Å². The highest BCUT2D eigenvalue weighted by Gasteiger charge is 2.42. The monoisotopic (exact) mass is 290 g/mol. The molecule has 8 heteroatoms. The predicted molar refractivity (Wildman–Crippen MR) is 64.6 cm³/mol. The van der Waals surface area contributed by atoms with Crippen molar-refractivity contribution in [3.05, 3.63) is 12.2 Å². The smallest absolute Gasteiger partial charge is 0.355 e. The summed E-state index contributed by atoms with van der Waals surface area (Å²) in [6.45, 7) is 0.410. The first kappa shape index (κ1) is 14.8. The molecule has 0 radical (unpaired) electrons. The normalized spacial score (nSPS) is 23.6. The number of nitrogens with one attached hydrogen (secondary N) is 2. The fourth-order valence-electron chi connectivity index (χ4n) is 2.48. The molecule has 2 rings (SSSR count). The van der Waals surface area contributed by atoms with Crippen LogP contribution in [-0.2, 0) is 11.2 Å². The van der Waals surface area contributed by atoms with Crippen LogP contribution in [0, 0.1) is 11.8 Å². The van der Waals surface area contributed by atoms with E-state index in [2.05, 4.69) is 20.5 Å². The first-order valence-corrected chi connectivity index (χ1v) is 6.65. The quantitative estimate of drug-likeness (QED) is 0.888. The van der Waals surface area contributed by atoms with Crippen molar-refractivity contribution in [3.63, 3.8) is 0 Å². The Morgan fingerprint density at radius 3 is 2.60 bits per heavy atom. The van der Waals surface area contributed by atoms with Gasteiger partial charge in [0.25, 0.3) is 0 Å². The largest absolute Gasteiger partial charge is 0.391 e. The zero-order chi connectivity index (χ0) is 14.6. The third-order valence-corrected chi connectivity index (χ3v) is 3.69. The van der Waals surface area contributed by atoms with E-state index in [-0.39, 0.29) is 24.7 Å². The molecule has 1 amide bonds. The summed E-state index contributed by atoms with van der Waals surface area (Å²) < 4.78 is 37.5. The van der Waals surface area contributed by atoms with Gasteiger partial charge >= 0.3 is 6.18 Å². The van der Waals surface area contributed by atoms with Gasteiger partial charge in [-0.3, -0.25) is 9.89 Å². The Morgan fingerprint density at radius 2 is 2.05 bits per heavy atom. The molecule has 5 nitrogen and oxygen atoms in total. The molecule has 0 spiro atoms. The summed E-state index contributed by atoms with van der Waals surface area (Å²) in [5.74, 6) is -1.04. The van der Waals surface area contributed by atoms with Crippen molar-refractivity contribution in [2.75, 3.05) is 6.54 Å². The van der Waals surface area contributed by atoms with Gasteiger partial charge < -0.3 is 5.32 Å². The molecule has 112 valence electrons. The van der Waals surface area contributed by atoms with Gasteiger partial charge in [0.15, 0.2) is 0 Å². The van der Waals surface area contributed by atoms with Gasteiger partial charge in [-0.2, -0.15) is 18.3 Å². The number of aromatic amines is 1. The molecule has 0 aromatic carbocycles. The standard InChI is InChI=1S/C12H17F3N4O/c13-12(14,15)9-3-1-8(2-4-9)11(20)16-6-5-10-17-7-18-19-10/h7-9H,1-6H2,(H,16,20)(H,17,18,19). The van der Waals surface area contributed by atoms with Gasteiger partial charge in [-0.25, -0.2) is 4.98 Å². The summed E-state index contributed by atoms with van der Waals surface area (Å²) in [5, 5.41) is 9.10. The zero-order valence-electron chi connectivity index (χ0n) is 10.9. The summed E-state index contributed by atoms with van der Waals surface area (Å²) in [5.41, 5.74) is 0. The average molecular weight is 290 g/mol. The SMILES string of the molecule is O=C(NCCc1ncn[nH]1)C1CCC(C(F)(F)F)CC1. The Bertz CT molecular complexity index is 424. The first-order valence-electron chi connectivity index (χ1n) is 6.65. The van der Waals surface area contributed by atoms with E-state index < -0.39 is 12.1 Å². The minimum Gasteiger partial charge on any atom is -0.355 e. The van der Waals surface area contributed by atoms with E-state index in [0.29, 0.717) is 31.6 Å². The molecule has 1 aliphatic rings. The zero-order valence-corrected chi connectivity index (χ0v) is 10.9. The van der Waals surface area contributed by atoms with Crippen LogP contribution >= 0.6 is 0 Å². The summed E-state index contributed by atoms with van der Waals surface area (Å²) in [4.78, 5) is 15.8. The lowest BCUT2D eigenvalue weighted by Crippen LogP contribution is -2.36. The number of nitrogens with zero attached hydrogens (tertiary/aromatic N) is 2. The van der Waals surface area contributed by atoms with E-state index in [1.807, 2.05) is 0 Å². The highest BCUT2D eigenvalue weighted by molar-refractivity contribution is 5.78. The second-order valence-electron chi connectivity index (χ2n) is 5.06. The molecule has 0 unspecified atom stereocenters. The van der Waals surface area contributed by atoms with Crippen molar-refractivity contribution in [2.24, 2.45) is 11.8 Å². The fraction of sp³-hybridized carbons (Fsp3) is 0.750. The molecule has 1 aliphatic carbocycles. The van der Waals surface area contributed by atoms with Crippen molar-refractivity contribution in [2.45, 2.75) is 38.3 Å². The Labute approximate surface area is 114 Å². The lowest BCUT2D eigenvalue weighted by Gasteiger charge is -2.29. The lowest BCUT2D eigenvalue weighted by molar-refractivity contribution is -0.184. The van der Waals surface area contributed by atoms with Crippen LogP contribution in [0.25, 0.3) is 0 Å². The van der Waals surface area contributed by atoms with Crippen LogP contribution in [0.5, 0.6) is 0 Å². The van der Waals surface area contributed by atoms with Gasteiger partial charge in [0.2, 0.25) is 5.91 Å². The van der Waals surface area contributed by atoms with Crippen LogP contribution in [0.1, 0.15) is 31.5 Å². The molecule has 1 heterocycles. The van der Waals surface area contributed by atoms with Gasteiger partial charge in [0.05, 0.1) is 5.92 Å². The molecule has 1 saturated carbocycles. The van der Waals surface area contributed by atoms with Crippen LogP contribution in [0.2, 0.25) is 0 Å². The van der Waals surface area contributed by atoms with Gasteiger partial charge in [-0.1, -0.05) is 0 Å². The average Bonchev–Trinajstić information content (AvgIpc) is 2.91. The number of hydrogen-bond acceptors (Lipinski definition) is 3. The number of alkyl halides is 3. The number of carbonyl (C=O) groups is 1. The van der Waals surface area contributed by atoms with Crippen molar-refractivity contribution >= 4 is 5.91 Å². The molecule has 0 saturated heterocycles. The molecule has 0 atom stereocenters. The van der Waals surface area contributed by atoms with Gasteiger partial charge in [-0.05, 0) is 25.7 Å². The number of hydrogen-bond donors (Lipinski definition) is 2. The summed E-state index contributed by atoms with van der Waals surface area (Å²) >= 11 is 0. The molecule has 1 fully saturated rings. The number of H-pyrrole nitrogens is 1. The molecule has 1 aromatic heterocycles. The molecule has 2 N–H and O–H groups in total. The molecule has 20 heavy (non-hydrogen) atoms. The fourth-order valence-corrected chi connectivity index (χ4v) is 2.48. The van der Waals surface area contributed by atoms with Crippen LogP contribution in [0.3, 0.4) is 0 Å². The summed E-state index contributed by atoms with van der Waals surface area (Å²) in [6, 6.07) is 0. The highest BCUT2D eigenvalue weighted by atomic mass is 19.4. The van der Waals surface area contributed by atoms with E-state index in [4.69, 9.17) is 0 Å². The van der Waals surface area contributed by atoms with E-state index in [0.717, 1.165) is 0 Å². The number of amides is 1. The van der Waals surface area contributed by atoms with Crippen LogP contribution in [-0.4, -0.2) is 33.8 Å². The van der Waals surface area contributed by atoms with Crippen molar-refractivity contribution < 1.29 is 18.0 Å². The third-order valence-electron chi connectivity index (χ3n) is 3.69. The van der Waals surface area contributed by atoms with E-state index in [1.165, 1.54) is 6.33 Å². The van der Waals surface area contributed by atoms with E-state index in [1.54, 1.807) is 0 Å². The Hall–Kier alpha value is -1.60. The first-order chi connectivity index (χ1) is 9.47. The van der Waals surface area contributed by atoms with Crippen LogP contribution in [0.4, 0.5) is 13.2 Å². The third kappa shape index (κ3) is 3.94. The molecular formula is C12H17F3N4O. The molecule has 1 aromatic rings. The minimum atomic E-state index is -4.13. The van der Waals surface area contributed by atoms with Crippen LogP contribution in [0.15, 0.2) is 6.33 Å². The molecule has 0 aliphatic heterocycles. The maximum atomic E-state index is 12.5. The summed E-state index contributed by atoms with van der Waals surface area (Å²) in [7, 11) is 0. The molecule has 0 bridgehead atoms. The number of carbonyl (C=O) groups excluding carboxylic acids is 1. The van der Waals surface area contributed by atoms with Gasteiger partial charge in [0, 0.05) is 18.9 Å². The number of rotatable bonds is 4. The maximum absolute atomic E-state index is 12.5. The van der Waals surface area contributed by atoms with E-state index >= 15 is 0 Å². The maximum Gasteiger partial charge on any atom is 0.391 e. The van der Waals surface area contributed by atoms with Gasteiger partial charge in [0.1, 0.15) is 12.2 Å². The number of halogens is 3. The highest BCUT2D eigenvalue weighted by Crippen LogP contribution is 2.39. The summed E-state index contributed by atoms with van der Waals surface area (Å²) in [6.07, 6.45) is -1.52. The van der Waals surface area contributed by atoms with Gasteiger partial charge in [-0.15, -0.1) is 0 Å². The Balaban J connectivity index is 1.69. The second kappa shape index (κ2) is 6.23. The second-order valence-corrected chi connectivity index (χ2v) is 5.06. The Morgan fingerprint density at radius 1 is 1.35 bits per heavy atom. The van der Waals surface area contributed by atoms with E-state index in [9.17, 15) is 18.0 Å².